The Morgan fingerprint density at radius 1 is 1.30 bits per heavy atom. The van der Waals surface area contributed by atoms with Crippen molar-refractivity contribution < 1.29 is 24.1 Å². The molecule has 1 amide bonds. The van der Waals surface area contributed by atoms with Crippen molar-refractivity contribution >= 4 is 6.09 Å². The zero-order valence-corrected chi connectivity index (χ0v) is 14.8. The zero-order valence-electron chi connectivity index (χ0n) is 14.8. The van der Waals surface area contributed by atoms with Crippen molar-refractivity contribution in [1.82, 2.24) is 10.2 Å². The number of nitrogens with zero attached hydrogens (tertiary/aromatic N) is 1. The van der Waals surface area contributed by atoms with Crippen molar-refractivity contribution in [2.75, 3.05) is 46.6 Å². The van der Waals surface area contributed by atoms with Gasteiger partial charge >= 0.3 is 6.09 Å². The summed E-state index contributed by atoms with van der Waals surface area (Å²) < 4.78 is 15.5. The Hall–Kier alpha value is -0.890. The van der Waals surface area contributed by atoms with Crippen molar-refractivity contribution in [2.24, 2.45) is 0 Å². The van der Waals surface area contributed by atoms with Crippen molar-refractivity contribution in [2.45, 2.75) is 51.4 Å². The Kier molecular flexibility index (Phi) is 8.83. The quantitative estimate of drug-likeness (QED) is 0.646. The molecule has 0 spiro atoms. The molecule has 1 rings (SSSR count). The van der Waals surface area contributed by atoms with Gasteiger partial charge < -0.3 is 29.5 Å². The summed E-state index contributed by atoms with van der Waals surface area (Å²) in [5.74, 6) is 0. The second kappa shape index (κ2) is 10.1. The fourth-order valence-electron chi connectivity index (χ4n) is 2.45. The van der Waals surface area contributed by atoms with Gasteiger partial charge in [0, 0.05) is 32.8 Å². The number of β-amino-alcohol motifs (C(OH)–C–C–N with tert-alkyl or cyclic N) is 1. The monoisotopic (exact) mass is 332 g/mol. The third kappa shape index (κ3) is 9.76. The molecule has 1 fully saturated rings. The van der Waals surface area contributed by atoms with E-state index in [1.807, 2.05) is 20.8 Å². The Balaban J connectivity index is 2.16. The summed E-state index contributed by atoms with van der Waals surface area (Å²) in [7, 11) is 1.62. The highest BCUT2D eigenvalue weighted by Crippen LogP contribution is 2.13. The van der Waals surface area contributed by atoms with E-state index in [9.17, 15) is 9.90 Å². The van der Waals surface area contributed by atoms with E-state index < -0.39 is 11.7 Å². The number of methoxy groups -OCH3 is 1. The number of likely N-dealkylation sites (tertiary alicyclic amines) is 1. The molecule has 0 aromatic heterocycles. The lowest BCUT2D eigenvalue weighted by molar-refractivity contribution is -0.00413. The van der Waals surface area contributed by atoms with E-state index in [1.54, 1.807) is 7.11 Å². The molecule has 7 nitrogen and oxygen atoms in total. The first-order valence-electron chi connectivity index (χ1n) is 8.27. The van der Waals surface area contributed by atoms with Crippen LogP contribution in [0, 0.1) is 0 Å². The van der Waals surface area contributed by atoms with E-state index in [1.165, 1.54) is 0 Å². The predicted molar refractivity (Wildman–Crippen MR) is 87.5 cm³/mol. The average molecular weight is 332 g/mol. The first-order valence-corrected chi connectivity index (χ1v) is 8.27. The molecule has 0 aliphatic carbocycles. The van der Waals surface area contributed by atoms with Crippen LogP contribution >= 0.6 is 0 Å². The predicted octanol–water partition coefficient (Wildman–Crippen LogP) is 0.999. The Bertz CT molecular complexity index is 338. The SMILES string of the molecule is COCCOCC(O)CN1CCC(NC(=O)OC(C)(C)C)CC1. The highest BCUT2D eigenvalue weighted by molar-refractivity contribution is 5.68. The smallest absolute Gasteiger partial charge is 0.407 e. The van der Waals surface area contributed by atoms with Crippen LogP contribution in [0.2, 0.25) is 0 Å². The van der Waals surface area contributed by atoms with Gasteiger partial charge in [0.1, 0.15) is 5.60 Å². The van der Waals surface area contributed by atoms with Gasteiger partial charge in [-0.05, 0) is 33.6 Å². The molecule has 1 saturated heterocycles. The number of hydrogen-bond acceptors (Lipinski definition) is 6. The van der Waals surface area contributed by atoms with Crippen LogP contribution in [0.3, 0.4) is 0 Å². The average Bonchev–Trinajstić information content (AvgIpc) is 2.44. The van der Waals surface area contributed by atoms with Gasteiger partial charge in [0.2, 0.25) is 0 Å². The Labute approximate surface area is 139 Å². The molecule has 1 atom stereocenters. The molecule has 1 unspecified atom stereocenters. The maximum absolute atomic E-state index is 11.7. The van der Waals surface area contributed by atoms with Crippen molar-refractivity contribution in [3.05, 3.63) is 0 Å². The first kappa shape index (κ1) is 20.2. The molecule has 136 valence electrons. The van der Waals surface area contributed by atoms with Crippen LogP contribution in [-0.2, 0) is 14.2 Å². The van der Waals surface area contributed by atoms with Gasteiger partial charge in [-0.25, -0.2) is 4.79 Å². The highest BCUT2D eigenvalue weighted by Gasteiger charge is 2.24. The number of amides is 1. The molecule has 0 saturated carbocycles. The number of alkyl carbamates (subject to hydrolysis) is 1. The molecule has 1 aliphatic rings. The zero-order chi connectivity index (χ0) is 17.3. The van der Waals surface area contributed by atoms with Gasteiger partial charge in [-0.2, -0.15) is 0 Å². The van der Waals surface area contributed by atoms with Crippen LogP contribution in [0.15, 0.2) is 0 Å². The Morgan fingerprint density at radius 2 is 1.96 bits per heavy atom. The van der Waals surface area contributed by atoms with Crippen LogP contribution in [0.4, 0.5) is 4.79 Å². The number of nitrogens with one attached hydrogen (secondary N) is 1. The maximum Gasteiger partial charge on any atom is 0.407 e. The molecular formula is C16H32N2O5. The van der Waals surface area contributed by atoms with Gasteiger partial charge in [-0.1, -0.05) is 0 Å². The topological polar surface area (TPSA) is 80.3 Å². The van der Waals surface area contributed by atoms with Gasteiger partial charge in [-0.3, -0.25) is 0 Å². The summed E-state index contributed by atoms with van der Waals surface area (Å²) in [6, 6.07) is 0.135. The molecule has 1 heterocycles. The second-order valence-electron chi connectivity index (χ2n) is 6.94. The number of piperidine rings is 1. The number of carbonyl (C=O) groups excluding carboxylic acids is 1. The summed E-state index contributed by atoms with van der Waals surface area (Å²) in [6.07, 6.45) is 0.859. The molecule has 2 N–H and O–H groups in total. The van der Waals surface area contributed by atoms with E-state index >= 15 is 0 Å². The molecule has 0 aromatic rings. The van der Waals surface area contributed by atoms with Gasteiger partial charge in [-0.15, -0.1) is 0 Å². The number of hydrogen-bond donors (Lipinski definition) is 2. The largest absolute Gasteiger partial charge is 0.444 e. The minimum absolute atomic E-state index is 0.135. The van der Waals surface area contributed by atoms with E-state index in [0.29, 0.717) is 26.4 Å². The van der Waals surface area contributed by atoms with Crippen molar-refractivity contribution in [1.29, 1.82) is 0 Å². The third-order valence-corrected chi connectivity index (χ3v) is 3.52. The Morgan fingerprint density at radius 3 is 2.52 bits per heavy atom. The lowest BCUT2D eigenvalue weighted by atomic mass is 10.0. The van der Waals surface area contributed by atoms with E-state index in [-0.39, 0.29) is 12.1 Å². The van der Waals surface area contributed by atoms with Crippen LogP contribution in [0.5, 0.6) is 0 Å². The lowest BCUT2D eigenvalue weighted by Gasteiger charge is -2.33. The molecule has 7 heteroatoms. The summed E-state index contributed by atoms with van der Waals surface area (Å²) in [6.45, 7) is 9.18. The van der Waals surface area contributed by atoms with Crippen molar-refractivity contribution in [3.8, 4) is 0 Å². The molecular weight excluding hydrogens is 300 g/mol. The standard InChI is InChI=1S/C16H32N2O5/c1-16(2,3)23-15(20)17-13-5-7-18(8-6-13)11-14(19)12-22-10-9-21-4/h13-14,19H,5-12H2,1-4H3,(H,17,20). The van der Waals surface area contributed by atoms with E-state index in [2.05, 4.69) is 10.2 Å². The lowest BCUT2D eigenvalue weighted by Crippen LogP contribution is -2.48. The first-order chi connectivity index (χ1) is 10.8. The second-order valence-corrected chi connectivity index (χ2v) is 6.94. The fourth-order valence-corrected chi connectivity index (χ4v) is 2.45. The molecule has 1 aliphatic heterocycles. The summed E-state index contributed by atoms with van der Waals surface area (Å²) in [4.78, 5) is 13.9. The number of carbonyl (C=O) groups is 1. The van der Waals surface area contributed by atoms with Gasteiger partial charge in [0.05, 0.1) is 25.9 Å². The van der Waals surface area contributed by atoms with Crippen LogP contribution < -0.4 is 5.32 Å². The van der Waals surface area contributed by atoms with Crippen LogP contribution in [0.25, 0.3) is 0 Å². The highest BCUT2D eigenvalue weighted by atomic mass is 16.6. The minimum Gasteiger partial charge on any atom is -0.444 e. The number of rotatable bonds is 8. The van der Waals surface area contributed by atoms with E-state index in [4.69, 9.17) is 14.2 Å². The van der Waals surface area contributed by atoms with Crippen LogP contribution in [0.1, 0.15) is 33.6 Å². The number of ether oxygens (including phenoxy) is 3. The molecule has 0 radical (unpaired) electrons. The number of aliphatic hydroxyl groups is 1. The molecule has 0 aromatic carbocycles. The fraction of sp³-hybridized carbons (Fsp3) is 0.938. The normalized spacial score (nSPS) is 18.7. The van der Waals surface area contributed by atoms with Gasteiger partial charge in [0.15, 0.2) is 0 Å². The minimum atomic E-state index is -0.498. The van der Waals surface area contributed by atoms with Gasteiger partial charge in [0.25, 0.3) is 0 Å². The summed E-state index contributed by atoms with van der Waals surface area (Å²) in [5, 5.41) is 12.9. The van der Waals surface area contributed by atoms with Crippen molar-refractivity contribution in [3.63, 3.8) is 0 Å². The summed E-state index contributed by atoms with van der Waals surface area (Å²) in [5.41, 5.74) is -0.474. The maximum atomic E-state index is 11.7. The van der Waals surface area contributed by atoms with Crippen LogP contribution in [-0.4, -0.2) is 80.4 Å². The molecule has 23 heavy (non-hydrogen) atoms. The summed E-state index contributed by atoms with van der Waals surface area (Å²) >= 11 is 0. The number of aliphatic hydroxyl groups excluding tert-OH is 1. The third-order valence-electron chi connectivity index (χ3n) is 3.52. The van der Waals surface area contributed by atoms with E-state index in [0.717, 1.165) is 25.9 Å². The molecule has 0 bridgehead atoms.